The van der Waals surface area contributed by atoms with Gasteiger partial charge in [0.05, 0.1) is 12.7 Å². The fraction of sp³-hybridized carbons (Fsp3) is 0.562. The van der Waals surface area contributed by atoms with Gasteiger partial charge in [0.15, 0.2) is 0 Å². The molecule has 0 saturated heterocycles. The van der Waals surface area contributed by atoms with Crippen LogP contribution in [0, 0.1) is 11.7 Å². The fourth-order valence-corrected chi connectivity index (χ4v) is 2.09. The number of carbonyl (C=O) groups excluding carboxylic acids is 1. The number of rotatable bonds is 6. The number of methoxy groups -OCH3 is 1. The predicted octanol–water partition coefficient (Wildman–Crippen LogP) is 3.48. The minimum atomic E-state index is -0.642. The Bertz CT molecular complexity index is 458. The topological polar surface area (TPSA) is 29.5 Å². The van der Waals surface area contributed by atoms with E-state index in [-0.39, 0.29) is 5.56 Å². The van der Waals surface area contributed by atoms with Gasteiger partial charge < -0.3 is 4.74 Å². The van der Waals surface area contributed by atoms with Crippen LogP contribution in [-0.2, 0) is 11.3 Å². The largest absolute Gasteiger partial charge is 0.465 e. The Hall–Kier alpha value is -1.42. The lowest BCUT2D eigenvalue weighted by Gasteiger charge is -2.28. The van der Waals surface area contributed by atoms with Crippen LogP contribution in [0.4, 0.5) is 4.39 Å². The average Bonchev–Trinajstić information content (AvgIpc) is 2.36. The second-order valence-corrected chi connectivity index (χ2v) is 5.72. The first-order valence-corrected chi connectivity index (χ1v) is 6.96. The van der Waals surface area contributed by atoms with Crippen molar-refractivity contribution in [2.24, 2.45) is 5.92 Å². The normalized spacial score (nSPS) is 11.4. The summed E-state index contributed by atoms with van der Waals surface area (Å²) in [5.41, 5.74) is 0.848. The SMILES string of the molecule is COC(=O)c1ccc(CN(CC(C)C)C(C)C)cc1F. The summed E-state index contributed by atoms with van der Waals surface area (Å²) in [6, 6.07) is 5.08. The monoisotopic (exact) mass is 281 g/mol. The zero-order valence-corrected chi connectivity index (χ0v) is 12.9. The summed E-state index contributed by atoms with van der Waals surface area (Å²) in [6.07, 6.45) is 0. The molecule has 1 rings (SSSR count). The number of halogens is 1. The zero-order chi connectivity index (χ0) is 15.3. The summed E-state index contributed by atoms with van der Waals surface area (Å²) >= 11 is 0. The van der Waals surface area contributed by atoms with Gasteiger partial charge in [0, 0.05) is 19.1 Å². The van der Waals surface area contributed by atoms with E-state index in [0.29, 0.717) is 18.5 Å². The summed E-state index contributed by atoms with van der Waals surface area (Å²) in [6.45, 7) is 10.2. The Morgan fingerprint density at radius 2 is 1.95 bits per heavy atom. The second-order valence-electron chi connectivity index (χ2n) is 5.72. The first-order valence-electron chi connectivity index (χ1n) is 6.96. The molecule has 112 valence electrons. The van der Waals surface area contributed by atoms with E-state index >= 15 is 0 Å². The Morgan fingerprint density at radius 3 is 2.40 bits per heavy atom. The molecule has 0 radical (unpaired) electrons. The highest BCUT2D eigenvalue weighted by atomic mass is 19.1. The van der Waals surface area contributed by atoms with Crippen LogP contribution in [-0.4, -0.2) is 30.6 Å². The van der Waals surface area contributed by atoms with Gasteiger partial charge in [-0.1, -0.05) is 19.9 Å². The fourth-order valence-electron chi connectivity index (χ4n) is 2.09. The van der Waals surface area contributed by atoms with Crippen LogP contribution >= 0.6 is 0 Å². The lowest BCUT2D eigenvalue weighted by atomic mass is 10.1. The van der Waals surface area contributed by atoms with Crippen molar-refractivity contribution in [3.05, 3.63) is 35.1 Å². The van der Waals surface area contributed by atoms with Gasteiger partial charge in [0.2, 0.25) is 0 Å². The number of ether oxygens (including phenoxy) is 1. The molecule has 0 amide bonds. The van der Waals surface area contributed by atoms with Crippen molar-refractivity contribution in [3.8, 4) is 0 Å². The van der Waals surface area contributed by atoms with Gasteiger partial charge in [-0.25, -0.2) is 9.18 Å². The quantitative estimate of drug-likeness (QED) is 0.748. The molecule has 0 N–H and O–H groups in total. The molecular weight excluding hydrogens is 257 g/mol. The minimum Gasteiger partial charge on any atom is -0.465 e. The van der Waals surface area contributed by atoms with E-state index in [1.54, 1.807) is 6.07 Å². The van der Waals surface area contributed by atoms with Gasteiger partial charge in [-0.15, -0.1) is 0 Å². The molecule has 3 nitrogen and oxygen atoms in total. The van der Waals surface area contributed by atoms with Crippen molar-refractivity contribution in [3.63, 3.8) is 0 Å². The molecule has 0 heterocycles. The highest BCUT2D eigenvalue weighted by Crippen LogP contribution is 2.15. The average molecular weight is 281 g/mol. The van der Waals surface area contributed by atoms with Crippen molar-refractivity contribution in [1.29, 1.82) is 0 Å². The van der Waals surface area contributed by atoms with Crippen LogP contribution in [0.15, 0.2) is 18.2 Å². The molecule has 4 heteroatoms. The minimum absolute atomic E-state index is 0.0174. The number of nitrogens with zero attached hydrogens (tertiary/aromatic N) is 1. The van der Waals surface area contributed by atoms with E-state index in [1.807, 2.05) is 0 Å². The first-order chi connectivity index (χ1) is 9.35. The third-order valence-electron chi connectivity index (χ3n) is 3.15. The van der Waals surface area contributed by atoms with Gasteiger partial charge in [0.1, 0.15) is 5.82 Å². The van der Waals surface area contributed by atoms with E-state index in [4.69, 9.17) is 0 Å². The molecule has 0 aliphatic rings. The molecule has 0 aliphatic heterocycles. The Morgan fingerprint density at radius 1 is 1.30 bits per heavy atom. The van der Waals surface area contributed by atoms with Crippen LogP contribution in [0.1, 0.15) is 43.6 Å². The molecule has 0 aliphatic carbocycles. The number of hydrogen-bond acceptors (Lipinski definition) is 3. The van der Waals surface area contributed by atoms with Crippen molar-refractivity contribution in [1.82, 2.24) is 4.90 Å². The molecule has 0 spiro atoms. The Labute approximate surface area is 120 Å². The number of benzene rings is 1. The van der Waals surface area contributed by atoms with Gasteiger partial charge in [-0.2, -0.15) is 0 Å². The zero-order valence-electron chi connectivity index (χ0n) is 12.9. The highest BCUT2D eigenvalue weighted by molar-refractivity contribution is 5.89. The Kier molecular flexibility index (Phi) is 6.14. The van der Waals surface area contributed by atoms with Crippen molar-refractivity contribution in [2.75, 3.05) is 13.7 Å². The molecule has 0 atom stereocenters. The third-order valence-corrected chi connectivity index (χ3v) is 3.15. The van der Waals surface area contributed by atoms with Crippen LogP contribution in [0.5, 0.6) is 0 Å². The van der Waals surface area contributed by atoms with Crippen LogP contribution < -0.4 is 0 Å². The smallest absolute Gasteiger partial charge is 0.340 e. The van der Waals surface area contributed by atoms with Crippen molar-refractivity contribution < 1.29 is 13.9 Å². The molecule has 1 aromatic carbocycles. The summed E-state index contributed by atoms with van der Waals surface area (Å²) in [7, 11) is 1.25. The molecule has 1 aromatic rings. The first kappa shape index (κ1) is 16.6. The lowest BCUT2D eigenvalue weighted by Crippen LogP contribution is -2.33. The summed E-state index contributed by atoms with van der Waals surface area (Å²) < 4.78 is 18.4. The summed E-state index contributed by atoms with van der Waals surface area (Å²) in [4.78, 5) is 13.6. The number of hydrogen-bond donors (Lipinski definition) is 0. The van der Waals surface area contributed by atoms with E-state index in [0.717, 1.165) is 12.1 Å². The Balaban J connectivity index is 2.87. The van der Waals surface area contributed by atoms with E-state index in [9.17, 15) is 9.18 Å². The number of esters is 1. The third kappa shape index (κ3) is 4.60. The molecule has 0 bridgehead atoms. The van der Waals surface area contributed by atoms with Crippen LogP contribution in [0.25, 0.3) is 0 Å². The molecule has 0 fully saturated rings. The second kappa shape index (κ2) is 7.39. The maximum atomic E-state index is 13.9. The van der Waals surface area contributed by atoms with E-state index < -0.39 is 11.8 Å². The molecule has 0 unspecified atom stereocenters. The highest BCUT2D eigenvalue weighted by Gasteiger charge is 2.15. The van der Waals surface area contributed by atoms with Gasteiger partial charge >= 0.3 is 5.97 Å². The van der Waals surface area contributed by atoms with Crippen LogP contribution in [0.2, 0.25) is 0 Å². The molecule has 20 heavy (non-hydrogen) atoms. The van der Waals surface area contributed by atoms with Gasteiger partial charge in [0.25, 0.3) is 0 Å². The number of carbonyl (C=O) groups is 1. The predicted molar refractivity (Wildman–Crippen MR) is 78.1 cm³/mol. The van der Waals surface area contributed by atoms with Gasteiger partial charge in [-0.05, 0) is 37.5 Å². The van der Waals surface area contributed by atoms with Crippen LogP contribution in [0.3, 0.4) is 0 Å². The maximum absolute atomic E-state index is 13.9. The lowest BCUT2D eigenvalue weighted by molar-refractivity contribution is 0.0595. The maximum Gasteiger partial charge on any atom is 0.340 e. The van der Waals surface area contributed by atoms with E-state index in [2.05, 4.69) is 37.3 Å². The van der Waals surface area contributed by atoms with Gasteiger partial charge in [-0.3, -0.25) is 4.90 Å². The van der Waals surface area contributed by atoms with Crippen molar-refractivity contribution in [2.45, 2.75) is 40.3 Å². The standard InChI is InChI=1S/C16H24FNO2/c1-11(2)9-18(12(3)4)10-13-6-7-14(15(17)8-13)16(19)20-5/h6-8,11-12H,9-10H2,1-5H3. The molecule has 0 saturated carbocycles. The summed E-state index contributed by atoms with van der Waals surface area (Å²) in [5.74, 6) is -0.615. The summed E-state index contributed by atoms with van der Waals surface area (Å²) in [5, 5.41) is 0. The molecular formula is C16H24FNO2. The molecule has 0 aromatic heterocycles. The van der Waals surface area contributed by atoms with E-state index in [1.165, 1.54) is 19.2 Å². The van der Waals surface area contributed by atoms with Crippen molar-refractivity contribution >= 4 is 5.97 Å².